The molecule has 6 nitrogen and oxygen atoms in total. The lowest BCUT2D eigenvalue weighted by atomic mass is 10.1. The van der Waals surface area contributed by atoms with Gasteiger partial charge < -0.3 is 5.11 Å². The van der Waals surface area contributed by atoms with E-state index in [1.165, 1.54) is 13.0 Å². The van der Waals surface area contributed by atoms with Crippen LogP contribution in [0.1, 0.15) is 16.1 Å². The minimum Gasteiger partial charge on any atom is -0.477 e. The molecule has 0 saturated carbocycles. The molecule has 0 radical (unpaired) electrons. The van der Waals surface area contributed by atoms with Gasteiger partial charge in [-0.3, -0.25) is 10.1 Å². The van der Waals surface area contributed by atoms with Gasteiger partial charge in [0.2, 0.25) is 0 Å². The molecule has 0 aliphatic carbocycles. The van der Waals surface area contributed by atoms with E-state index < -0.39 is 16.7 Å². The van der Waals surface area contributed by atoms with Gasteiger partial charge in [-0.15, -0.1) is 0 Å². The normalized spacial score (nSPS) is 10.6. The topological polar surface area (TPSA) is 93.3 Å². The minimum absolute atomic E-state index is 0.0116. The molecule has 0 spiro atoms. The van der Waals surface area contributed by atoms with Gasteiger partial charge in [0.25, 0.3) is 5.69 Å². The molecule has 0 atom stereocenters. The van der Waals surface area contributed by atoms with E-state index in [9.17, 15) is 19.3 Å². The standard InChI is InChI=1S/C11H7FN2O4/c1-5-4-7(12)9-6(10(5)14(17)18)2-3-8(13-9)11(15)16/h2-4H,1H3,(H,15,16). The number of aryl methyl sites for hydroxylation is 1. The zero-order valence-corrected chi connectivity index (χ0v) is 9.18. The number of nitrogens with zero attached hydrogens (tertiary/aromatic N) is 2. The van der Waals surface area contributed by atoms with Crippen LogP contribution >= 0.6 is 0 Å². The molecule has 0 bridgehead atoms. The third kappa shape index (κ3) is 1.75. The molecule has 0 aliphatic rings. The van der Waals surface area contributed by atoms with Crippen LogP contribution in [0.2, 0.25) is 0 Å². The van der Waals surface area contributed by atoms with E-state index in [1.54, 1.807) is 0 Å². The van der Waals surface area contributed by atoms with Crippen LogP contribution in [0.25, 0.3) is 10.9 Å². The first-order valence-electron chi connectivity index (χ1n) is 4.89. The first kappa shape index (κ1) is 11.9. The number of nitro groups is 1. The molecule has 0 amide bonds. The Kier molecular flexibility index (Phi) is 2.66. The van der Waals surface area contributed by atoms with Crippen LogP contribution in [0, 0.1) is 22.9 Å². The molecule has 18 heavy (non-hydrogen) atoms. The molecule has 2 rings (SSSR count). The van der Waals surface area contributed by atoms with E-state index in [0.29, 0.717) is 0 Å². The second-order valence-electron chi connectivity index (χ2n) is 3.68. The number of hydrogen-bond donors (Lipinski definition) is 1. The number of pyridine rings is 1. The van der Waals surface area contributed by atoms with Gasteiger partial charge in [-0.2, -0.15) is 0 Å². The molecule has 1 heterocycles. The molecule has 2 aromatic rings. The number of carbonyl (C=O) groups is 1. The highest BCUT2D eigenvalue weighted by atomic mass is 19.1. The zero-order chi connectivity index (χ0) is 13.4. The van der Waals surface area contributed by atoms with Crippen molar-refractivity contribution in [1.82, 2.24) is 4.98 Å². The van der Waals surface area contributed by atoms with Crippen molar-refractivity contribution in [3.8, 4) is 0 Å². The van der Waals surface area contributed by atoms with Crippen LogP contribution < -0.4 is 0 Å². The molecule has 1 aromatic heterocycles. The third-order valence-electron chi connectivity index (χ3n) is 2.50. The summed E-state index contributed by atoms with van der Waals surface area (Å²) in [6, 6.07) is 3.27. The van der Waals surface area contributed by atoms with Crippen LogP contribution in [0.15, 0.2) is 18.2 Å². The summed E-state index contributed by atoms with van der Waals surface area (Å²) in [5.74, 6) is -2.10. The van der Waals surface area contributed by atoms with Crippen molar-refractivity contribution in [3.63, 3.8) is 0 Å². The Hall–Kier alpha value is -2.57. The van der Waals surface area contributed by atoms with E-state index in [2.05, 4.69) is 4.98 Å². The average Bonchev–Trinajstić information content (AvgIpc) is 2.27. The summed E-state index contributed by atoms with van der Waals surface area (Å²) in [4.78, 5) is 24.6. The fraction of sp³-hybridized carbons (Fsp3) is 0.0909. The summed E-state index contributed by atoms with van der Waals surface area (Å²) in [5.41, 5.74) is -0.780. The Morgan fingerprint density at radius 3 is 2.72 bits per heavy atom. The smallest absolute Gasteiger partial charge is 0.354 e. The molecular formula is C11H7FN2O4. The lowest BCUT2D eigenvalue weighted by Crippen LogP contribution is -2.03. The number of benzene rings is 1. The fourth-order valence-corrected chi connectivity index (χ4v) is 1.73. The summed E-state index contributed by atoms with van der Waals surface area (Å²) < 4.78 is 13.7. The molecule has 0 saturated heterocycles. The average molecular weight is 250 g/mol. The predicted octanol–water partition coefficient (Wildman–Crippen LogP) is 2.29. The van der Waals surface area contributed by atoms with E-state index in [-0.39, 0.29) is 27.8 Å². The Morgan fingerprint density at radius 1 is 1.50 bits per heavy atom. The van der Waals surface area contributed by atoms with Crippen molar-refractivity contribution in [2.45, 2.75) is 6.92 Å². The van der Waals surface area contributed by atoms with Crippen LogP contribution in [0.3, 0.4) is 0 Å². The van der Waals surface area contributed by atoms with Crippen molar-refractivity contribution in [1.29, 1.82) is 0 Å². The zero-order valence-electron chi connectivity index (χ0n) is 9.18. The molecule has 0 unspecified atom stereocenters. The van der Waals surface area contributed by atoms with Crippen molar-refractivity contribution in [2.75, 3.05) is 0 Å². The number of hydrogen-bond acceptors (Lipinski definition) is 4. The van der Waals surface area contributed by atoms with Crippen LogP contribution in [-0.2, 0) is 0 Å². The van der Waals surface area contributed by atoms with Gasteiger partial charge >= 0.3 is 5.97 Å². The maximum atomic E-state index is 13.7. The summed E-state index contributed by atoms with van der Waals surface area (Å²) in [5, 5.41) is 19.6. The summed E-state index contributed by atoms with van der Waals surface area (Å²) in [6.07, 6.45) is 0. The van der Waals surface area contributed by atoms with E-state index >= 15 is 0 Å². The van der Waals surface area contributed by atoms with Gasteiger partial charge in [0.05, 0.1) is 10.3 Å². The van der Waals surface area contributed by atoms with Crippen LogP contribution in [-0.4, -0.2) is 21.0 Å². The maximum absolute atomic E-state index is 13.7. The molecule has 92 valence electrons. The summed E-state index contributed by atoms with van der Waals surface area (Å²) >= 11 is 0. The molecule has 1 N–H and O–H groups in total. The Bertz CT molecular complexity index is 684. The fourth-order valence-electron chi connectivity index (χ4n) is 1.73. The molecule has 1 aromatic carbocycles. The molecular weight excluding hydrogens is 243 g/mol. The number of carboxylic acid groups (broad SMARTS) is 1. The quantitative estimate of drug-likeness (QED) is 0.651. The first-order valence-corrected chi connectivity index (χ1v) is 4.89. The van der Waals surface area contributed by atoms with E-state index in [1.807, 2.05) is 0 Å². The highest BCUT2D eigenvalue weighted by Gasteiger charge is 2.20. The molecule has 7 heteroatoms. The van der Waals surface area contributed by atoms with Crippen molar-refractivity contribution in [2.24, 2.45) is 0 Å². The number of aromatic nitrogens is 1. The second-order valence-corrected chi connectivity index (χ2v) is 3.68. The van der Waals surface area contributed by atoms with Crippen molar-refractivity contribution < 1.29 is 19.2 Å². The largest absolute Gasteiger partial charge is 0.477 e. The highest BCUT2D eigenvalue weighted by Crippen LogP contribution is 2.30. The van der Waals surface area contributed by atoms with E-state index in [4.69, 9.17) is 5.11 Å². The first-order chi connectivity index (χ1) is 8.41. The monoisotopic (exact) mass is 250 g/mol. The molecule has 0 fully saturated rings. The number of fused-ring (bicyclic) bond motifs is 1. The number of carboxylic acids is 1. The lowest BCUT2D eigenvalue weighted by Gasteiger charge is -2.04. The minimum atomic E-state index is -1.32. The number of nitro benzene ring substituents is 1. The van der Waals surface area contributed by atoms with Crippen LogP contribution in [0.5, 0.6) is 0 Å². The molecule has 0 aliphatic heterocycles. The SMILES string of the molecule is Cc1cc(F)c2nc(C(=O)O)ccc2c1[N+](=O)[O-]. The van der Waals surface area contributed by atoms with E-state index in [0.717, 1.165) is 12.1 Å². The van der Waals surface area contributed by atoms with Crippen molar-refractivity contribution >= 4 is 22.6 Å². The summed E-state index contributed by atoms with van der Waals surface area (Å²) in [7, 11) is 0. The maximum Gasteiger partial charge on any atom is 0.354 e. The highest BCUT2D eigenvalue weighted by molar-refractivity contribution is 5.94. The Labute approximate surface area is 99.8 Å². The van der Waals surface area contributed by atoms with Gasteiger partial charge in [0, 0.05) is 5.56 Å². The number of halogens is 1. The Morgan fingerprint density at radius 2 is 2.17 bits per heavy atom. The third-order valence-corrected chi connectivity index (χ3v) is 2.50. The second kappa shape index (κ2) is 4.02. The summed E-state index contributed by atoms with van der Waals surface area (Å²) in [6.45, 7) is 1.41. The van der Waals surface area contributed by atoms with Gasteiger partial charge in [-0.25, -0.2) is 14.2 Å². The Balaban J connectivity index is 2.89. The van der Waals surface area contributed by atoms with Crippen LogP contribution in [0.4, 0.5) is 10.1 Å². The van der Waals surface area contributed by atoms with Gasteiger partial charge in [-0.05, 0) is 25.1 Å². The predicted molar refractivity (Wildman–Crippen MR) is 60.1 cm³/mol. The van der Waals surface area contributed by atoms with Gasteiger partial charge in [0.1, 0.15) is 17.0 Å². The number of rotatable bonds is 2. The number of aromatic carboxylic acids is 1. The van der Waals surface area contributed by atoms with Gasteiger partial charge in [-0.1, -0.05) is 0 Å². The lowest BCUT2D eigenvalue weighted by molar-refractivity contribution is -0.383. The van der Waals surface area contributed by atoms with Gasteiger partial charge in [0.15, 0.2) is 0 Å². The van der Waals surface area contributed by atoms with Crippen molar-refractivity contribution in [3.05, 3.63) is 45.4 Å².